The molecule has 0 aromatic heterocycles. The summed E-state index contributed by atoms with van der Waals surface area (Å²) in [4.78, 5) is 11.2. The first kappa shape index (κ1) is 15.0. The Morgan fingerprint density at radius 1 is 1.39 bits per heavy atom. The van der Waals surface area contributed by atoms with Crippen molar-refractivity contribution < 1.29 is 9.18 Å². The molecule has 2 nitrogen and oxygen atoms in total. The van der Waals surface area contributed by atoms with E-state index >= 15 is 0 Å². The van der Waals surface area contributed by atoms with Crippen LogP contribution in [0.4, 0.5) is 4.39 Å². The Bertz CT molecular complexity index is 392. The van der Waals surface area contributed by atoms with Gasteiger partial charge in [-0.05, 0) is 24.3 Å². The zero-order valence-corrected chi connectivity index (χ0v) is 11.7. The minimum Gasteiger partial charge on any atom is -0.350 e. The lowest BCUT2D eigenvalue weighted by molar-refractivity contribution is -0.124. The summed E-state index contributed by atoms with van der Waals surface area (Å²) < 4.78 is 12.6. The molecule has 100 valence electrons. The lowest BCUT2D eigenvalue weighted by Crippen LogP contribution is -2.39. The van der Waals surface area contributed by atoms with Gasteiger partial charge in [0.05, 0.1) is 0 Å². The van der Waals surface area contributed by atoms with Crippen LogP contribution in [0.2, 0.25) is 0 Å². The zero-order chi connectivity index (χ0) is 13.8. The molecule has 0 fully saturated rings. The Hall–Kier alpha value is -1.09. The van der Waals surface area contributed by atoms with Gasteiger partial charge < -0.3 is 5.32 Å². The molecule has 0 heterocycles. The third kappa shape index (κ3) is 4.30. The van der Waals surface area contributed by atoms with Gasteiger partial charge in [-0.3, -0.25) is 4.79 Å². The summed E-state index contributed by atoms with van der Waals surface area (Å²) in [5, 5.41) is 2.56. The molecule has 1 aromatic rings. The van der Waals surface area contributed by atoms with Crippen LogP contribution in [0.5, 0.6) is 0 Å². The summed E-state index contributed by atoms with van der Waals surface area (Å²) in [5.74, 6) is -0.770. The molecule has 0 saturated carbocycles. The van der Waals surface area contributed by atoms with Crippen molar-refractivity contribution in [2.45, 2.75) is 44.3 Å². The highest BCUT2D eigenvalue weighted by Gasteiger charge is 2.25. The van der Waals surface area contributed by atoms with Crippen molar-refractivity contribution in [2.24, 2.45) is 0 Å². The normalized spacial score (nSPS) is 14.9. The predicted molar refractivity (Wildman–Crippen MR) is 72.4 cm³/mol. The second-order valence-corrected chi connectivity index (χ2v) is 5.55. The van der Waals surface area contributed by atoms with Gasteiger partial charge in [0.25, 0.3) is 11.5 Å². The van der Waals surface area contributed by atoms with E-state index in [1.165, 1.54) is 5.56 Å². The molecule has 0 bridgehead atoms. The highest BCUT2D eigenvalue weighted by atomic mass is 35.5. The average Bonchev–Trinajstić information content (AvgIpc) is 2.29. The molecular weight excluding hydrogens is 253 g/mol. The highest BCUT2D eigenvalue weighted by Crippen LogP contribution is 2.28. The van der Waals surface area contributed by atoms with Gasteiger partial charge >= 0.3 is 0 Å². The van der Waals surface area contributed by atoms with Gasteiger partial charge in [0.2, 0.25) is 0 Å². The number of alkyl halides is 2. The van der Waals surface area contributed by atoms with Crippen LogP contribution in [0, 0.1) is 0 Å². The van der Waals surface area contributed by atoms with Gasteiger partial charge in [-0.1, -0.05) is 55.8 Å². The summed E-state index contributed by atoms with van der Waals surface area (Å²) in [6, 6.07) is 9.89. The molecule has 0 spiro atoms. The van der Waals surface area contributed by atoms with Crippen molar-refractivity contribution in [1.29, 1.82) is 0 Å². The quantitative estimate of drug-likeness (QED) is 0.817. The van der Waals surface area contributed by atoms with Crippen LogP contribution in [-0.2, 0) is 10.2 Å². The molecule has 0 aliphatic heterocycles. The van der Waals surface area contributed by atoms with Crippen molar-refractivity contribution >= 4 is 17.5 Å². The first-order chi connectivity index (χ1) is 8.33. The van der Waals surface area contributed by atoms with Crippen LogP contribution in [0.3, 0.4) is 0 Å². The van der Waals surface area contributed by atoms with Crippen LogP contribution in [0.1, 0.15) is 32.8 Å². The van der Waals surface area contributed by atoms with E-state index in [4.69, 9.17) is 11.6 Å². The topological polar surface area (TPSA) is 29.1 Å². The fourth-order valence-corrected chi connectivity index (χ4v) is 2.19. The van der Waals surface area contributed by atoms with Gasteiger partial charge in [0, 0.05) is 6.04 Å². The number of rotatable bonds is 5. The summed E-state index contributed by atoms with van der Waals surface area (Å²) >= 11 is 5.08. The van der Waals surface area contributed by atoms with E-state index in [0.29, 0.717) is 6.42 Å². The smallest absolute Gasteiger partial charge is 0.270 e. The maximum absolute atomic E-state index is 12.6. The average molecular weight is 272 g/mol. The molecule has 2 unspecified atom stereocenters. The first-order valence-electron chi connectivity index (χ1n) is 5.97. The summed E-state index contributed by atoms with van der Waals surface area (Å²) in [5.41, 5.74) is -0.882. The van der Waals surface area contributed by atoms with E-state index < -0.39 is 11.5 Å². The van der Waals surface area contributed by atoms with Gasteiger partial charge in [-0.25, -0.2) is 4.39 Å². The lowest BCUT2D eigenvalue weighted by atomic mass is 9.79. The standard InChI is InChI=1S/C14H19ClFNO/c1-10(17-13(18)12(15)16)9-14(2,3)11-7-5-4-6-8-11/h4-8,10,12H,9H2,1-3H3,(H,17,18). The molecule has 0 radical (unpaired) electrons. The molecule has 2 atom stereocenters. The predicted octanol–water partition coefficient (Wildman–Crippen LogP) is 3.39. The van der Waals surface area contributed by atoms with Crippen LogP contribution < -0.4 is 5.32 Å². The van der Waals surface area contributed by atoms with Gasteiger partial charge in [0.1, 0.15) is 0 Å². The zero-order valence-electron chi connectivity index (χ0n) is 10.9. The molecule has 0 saturated heterocycles. The Morgan fingerprint density at radius 2 is 1.94 bits per heavy atom. The number of carbonyl (C=O) groups is 1. The van der Waals surface area contributed by atoms with Crippen molar-refractivity contribution in [3.63, 3.8) is 0 Å². The molecule has 1 rings (SSSR count). The van der Waals surface area contributed by atoms with E-state index in [1.807, 2.05) is 37.3 Å². The third-order valence-electron chi connectivity index (χ3n) is 2.96. The third-order valence-corrected chi connectivity index (χ3v) is 3.16. The fourth-order valence-electron chi connectivity index (χ4n) is 2.13. The Balaban J connectivity index is 2.63. The van der Waals surface area contributed by atoms with Crippen molar-refractivity contribution in [2.75, 3.05) is 0 Å². The SMILES string of the molecule is CC(CC(C)(C)c1ccccc1)NC(=O)C(F)Cl. The number of nitrogens with one attached hydrogen (secondary N) is 1. The van der Waals surface area contributed by atoms with Gasteiger partial charge in [-0.2, -0.15) is 0 Å². The van der Waals surface area contributed by atoms with E-state index in [9.17, 15) is 9.18 Å². The van der Waals surface area contributed by atoms with E-state index in [2.05, 4.69) is 19.2 Å². The lowest BCUT2D eigenvalue weighted by Gasteiger charge is -2.29. The largest absolute Gasteiger partial charge is 0.350 e. The first-order valence-corrected chi connectivity index (χ1v) is 6.40. The van der Waals surface area contributed by atoms with Crippen LogP contribution in [0.25, 0.3) is 0 Å². The number of benzene rings is 1. The Labute approximate surface area is 113 Å². The fraction of sp³-hybridized carbons (Fsp3) is 0.500. The van der Waals surface area contributed by atoms with E-state index in [-0.39, 0.29) is 11.5 Å². The number of carbonyl (C=O) groups excluding carboxylic acids is 1. The monoisotopic (exact) mass is 271 g/mol. The van der Waals surface area contributed by atoms with Crippen LogP contribution in [0.15, 0.2) is 30.3 Å². The molecule has 1 N–H and O–H groups in total. The number of amides is 1. The Morgan fingerprint density at radius 3 is 2.44 bits per heavy atom. The summed E-state index contributed by atoms with van der Waals surface area (Å²) in [6.45, 7) is 6.04. The second kappa shape index (κ2) is 6.19. The number of hydrogen-bond acceptors (Lipinski definition) is 1. The molecule has 0 aliphatic rings. The summed E-state index contributed by atoms with van der Waals surface area (Å²) in [6.07, 6.45) is 0.715. The molecule has 1 aromatic carbocycles. The highest BCUT2D eigenvalue weighted by molar-refractivity contribution is 6.29. The maximum atomic E-state index is 12.6. The molecule has 1 amide bonds. The second-order valence-electron chi connectivity index (χ2n) is 5.16. The minimum atomic E-state index is -1.98. The van der Waals surface area contributed by atoms with Crippen molar-refractivity contribution in [3.8, 4) is 0 Å². The van der Waals surface area contributed by atoms with Crippen molar-refractivity contribution in [3.05, 3.63) is 35.9 Å². The summed E-state index contributed by atoms with van der Waals surface area (Å²) in [7, 11) is 0. The number of hydrogen-bond donors (Lipinski definition) is 1. The van der Waals surface area contributed by atoms with Crippen LogP contribution >= 0.6 is 11.6 Å². The molecular formula is C14H19ClFNO. The number of halogens is 2. The molecule has 18 heavy (non-hydrogen) atoms. The van der Waals surface area contributed by atoms with E-state index in [0.717, 1.165) is 0 Å². The van der Waals surface area contributed by atoms with E-state index in [1.54, 1.807) is 0 Å². The van der Waals surface area contributed by atoms with Crippen LogP contribution in [-0.4, -0.2) is 17.6 Å². The minimum absolute atomic E-state index is 0.0912. The molecule has 0 aliphatic carbocycles. The van der Waals surface area contributed by atoms with Crippen molar-refractivity contribution in [1.82, 2.24) is 5.32 Å². The Kier molecular flexibility index (Phi) is 5.15. The maximum Gasteiger partial charge on any atom is 0.270 e. The van der Waals surface area contributed by atoms with Gasteiger partial charge in [-0.15, -0.1) is 0 Å². The molecule has 4 heteroatoms. The van der Waals surface area contributed by atoms with Gasteiger partial charge in [0.15, 0.2) is 0 Å².